The minimum absolute atomic E-state index is 0.927. The Bertz CT molecular complexity index is 50.6. The summed E-state index contributed by atoms with van der Waals surface area (Å²) in [6.07, 6.45) is 3.73. The van der Waals surface area contributed by atoms with Crippen molar-refractivity contribution in [3.63, 3.8) is 0 Å². The van der Waals surface area contributed by atoms with Crippen LogP contribution in [-0.4, -0.2) is 6.54 Å². The Balaban J connectivity index is 2.26. The number of rotatable bonds is 0. The SMILES string of the molecule is [CH]1CNC=CN1. The Morgan fingerprint density at radius 2 is 2.33 bits per heavy atom. The lowest BCUT2D eigenvalue weighted by Crippen LogP contribution is -2.20. The molecule has 1 radical (unpaired) electrons. The molecule has 1 heterocycles. The lowest BCUT2D eigenvalue weighted by molar-refractivity contribution is 0.811. The van der Waals surface area contributed by atoms with Gasteiger partial charge >= 0.3 is 0 Å². The van der Waals surface area contributed by atoms with Crippen molar-refractivity contribution in [3.8, 4) is 0 Å². The minimum atomic E-state index is 0.927. The van der Waals surface area contributed by atoms with Crippen LogP contribution in [0.3, 0.4) is 0 Å². The standard InChI is InChI=1S/C4H7N2/c1-2-6-4-3-5-1/h1-3,5-6H,4H2. The zero-order valence-corrected chi connectivity index (χ0v) is 3.44. The molecular formula is C4H7N2. The molecule has 0 amide bonds. The summed E-state index contributed by atoms with van der Waals surface area (Å²) < 4.78 is 0. The molecule has 2 heteroatoms. The maximum Gasteiger partial charge on any atom is 0.0646 e. The fourth-order valence-corrected chi connectivity index (χ4v) is 0.361. The van der Waals surface area contributed by atoms with Crippen LogP contribution in [0, 0.1) is 6.54 Å². The molecule has 0 aromatic heterocycles. The van der Waals surface area contributed by atoms with Crippen molar-refractivity contribution in [2.75, 3.05) is 6.54 Å². The van der Waals surface area contributed by atoms with E-state index in [9.17, 15) is 0 Å². The highest BCUT2D eigenvalue weighted by atomic mass is 15.0. The third kappa shape index (κ3) is 0.641. The van der Waals surface area contributed by atoms with E-state index in [1.54, 1.807) is 0 Å². The van der Waals surface area contributed by atoms with E-state index in [1.807, 2.05) is 18.9 Å². The van der Waals surface area contributed by atoms with Gasteiger partial charge in [-0.05, 0) is 0 Å². The zero-order chi connectivity index (χ0) is 4.24. The summed E-state index contributed by atoms with van der Waals surface area (Å²) in [5, 5.41) is 5.90. The fraction of sp³-hybridized carbons (Fsp3) is 0.250. The normalized spacial score (nSPS) is 18.7. The Hall–Kier alpha value is -0.660. The van der Waals surface area contributed by atoms with Gasteiger partial charge in [-0.25, -0.2) is 0 Å². The van der Waals surface area contributed by atoms with E-state index in [2.05, 4.69) is 10.6 Å². The van der Waals surface area contributed by atoms with Gasteiger partial charge in [-0.2, -0.15) is 0 Å². The van der Waals surface area contributed by atoms with Gasteiger partial charge in [0.05, 0.1) is 6.54 Å². The van der Waals surface area contributed by atoms with E-state index in [-0.39, 0.29) is 0 Å². The topological polar surface area (TPSA) is 24.1 Å². The first-order valence-electron chi connectivity index (χ1n) is 1.96. The van der Waals surface area contributed by atoms with Gasteiger partial charge in [-0.15, -0.1) is 0 Å². The van der Waals surface area contributed by atoms with Gasteiger partial charge in [0.25, 0.3) is 0 Å². The first-order valence-corrected chi connectivity index (χ1v) is 1.96. The molecule has 1 rings (SSSR count). The molecule has 0 aliphatic carbocycles. The summed E-state index contributed by atoms with van der Waals surface area (Å²) in [5.41, 5.74) is 0. The van der Waals surface area contributed by atoms with E-state index >= 15 is 0 Å². The maximum absolute atomic E-state index is 2.99. The van der Waals surface area contributed by atoms with Gasteiger partial charge in [0, 0.05) is 18.9 Å². The number of hydrogen-bond donors (Lipinski definition) is 2. The van der Waals surface area contributed by atoms with Gasteiger partial charge in [0.15, 0.2) is 0 Å². The van der Waals surface area contributed by atoms with Crippen LogP contribution < -0.4 is 10.6 Å². The zero-order valence-electron chi connectivity index (χ0n) is 3.44. The van der Waals surface area contributed by atoms with Crippen LogP contribution in [0.15, 0.2) is 12.4 Å². The summed E-state index contributed by atoms with van der Waals surface area (Å²) in [7, 11) is 0. The molecule has 0 atom stereocenters. The molecule has 0 aromatic rings. The van der Waals surface area contributed by atoms with Crippen LogP contribution in [0.25, 0.3) is 0 Å². The largest absolute Gasteiger partial charge is 0.388 e. The quantitative estimate of drug-likeness (QED) is 0.424. The molecule has 2 N–H and O–H groups in total. The second-order valence-corrected chi connectivity index (χ2v) is 1.11. The molecule has 0 saturated carbocycles. The van der Waals surface area contributed by atoms with Crippen LogP contribution in [-0.2, 0) is 0 Å². The van der Waals surface area contributed by atoms with E-state index < -0.39 is 0 Å². The van der Waals surface area contributed by atoms with Crippen molar-refractivity contribution in [2.45, 2.75) is 0 Å². The summed E-state index contributed by atoms with van der Waals surface area (Å²) in [4.78, 5) is 0. The lowest BCUT2D eigenvalue weighted by Gasteiger charge is -2.04. The highest BCUT2D eigenvalue weighted by Gasteiger charge is 1.82. The predicted octanol–water partition coefficient (Wildman–Crippen LogP) is -0.188. The third-order valence-corrected chi connectivity index (χ3v) is 0.635. The average molecular weight is 83.1 g/mol. The monoisotopic (exact) mass is 83.1 g/mol. The van der Waals surface area contributed by atoms with Gasteiger partial charge in [0.1, 0.15) is 0 Å². The summed E-state index contributed by atoms with van der Waals surface area (Å²) in [6.45, 7) is 2.87. The second-order valence-electron chi connectivity index (χ2n) is 1.11. The predicted molar refractivity (Wildman–Crippen MR) is 24.6 cm³/mol. The van der Waals surface area contributed by atoms with Crippen molar-refractivity contribution in [1.29, 1.82) is 0 Å². The van der Waals surface area contributed by atoms with Crippen molar-refractivity contribution in [1.82, 2.24) is 10.6 Å². The van der Waals surface area contributed by atoms with Crippen molar-refractivity contribution >= 4 is 0 Å². The summed E-state index contributed by atoms with van der Waals surface area (Å²) in [6, 6.07) is 0. The van der Waals surface area contributed by atoms with Crippen LogP contribution >= 0.6 is 0 Å². The Kier molecular flexibility index (Phi) is 0.998. The van der Waals surface area contributed by atoms with E-state index in [0.717, 1.165) is 6.54 Å². The molecule has 0 unspecified atom stereocenters. The maximum atomic E-state index is 2.99. The van der Waals surface area contributed by atoms with E-state index in [4.69, 9.17) is 0 Å². The molecule has 0 saturated heterocycles. The molecule has 0 bridgehead atoms. The first-order chi connectivity index (χ1) is 3.00. The molecule has 0 fully saturated rings. The Labute approximate surface area is 37.2 Å². The van der Waals surface area contributed by atoms with Crippen LogP contribution in [0.5, 0.6) is 0 Å². The smallest absolute Gasteiger partial charge is 0.0646 e. The fourth-order valence-electron chi connectivity index (χ4n) is 0.361. The number of hydrogen-bond acceptors (Lipinski definition) is 2. The van der Waals surface area contributed by atoms with Crippen molar-refractivity contribution in [2.24, 2.45) is 0 Å². The summed E-state index contributed by atoms with van der Waals surface area (Å²) >= 11 is 0. The van der Waals surface area contributed by atoms with E-state index in [1.165, 1.54) is 0 Å². The molecule has 1 aliphatic rings. The molecule has 6 heavy (non-hydrogen) atoms. The molecule has 2 nitrogen and oxygen atoms in total. The van der Waals surface area contributed by atoms with Crippen molar-refractivity contribution < 1.29 is 0 Å². The van der Waals surface area contributed by atoms with Crippen molar-refractivity contribution in [3.05, 3.63) is 18.9 Å². The van der Waals surface area contributed by atoms with Crippen LogP contribution in [0.1, 0.15) is 0 Å². The van der Waals surface area contributed by atoms with Gasteiger partial charge in [-0.3, -0.25) is 0 Å². The number of nitrogens with one attached hydrogen (secondary N) is 2. The second kappa shape index (κ2) is 1.70. The molecule has 0 spiro atoms. The van der Waals surface area contributed by atoms with Crippen LogP contribution in [0.4, 0.5) is 0 Å². The Morgan fingerprint density at radius 3 is 2.50 bits per heavy atom. The molecule has 33 valence electrons. The summed E-state index contributed by atoms with van der Waals surface area (Å²) in [5.74, 6) is 0. The first kappa shape index (κ1) is 3.53. The lowest BCUT2D eigenvalue weighted by atomic mass is 10.5. The van der Waals surface area contributed by atoms with Gasteiger partial charge in [0.2, 0.25) is 0 Å². The van der Waals surface area contributed by atoms with Crippen LogP contribution in [0.2, 0.25) is 0 Å². The molecular weight excluding hydrogens is 76.1 g/mol. The molecule has 0 aromatic carbocycles. The molecule has 1 aliphatic heterocycles. The minimum Gasteiger partial charge on any atom is -0.388 e. The highest BCUT2D eigenvalue weighted by molar-refractivity contribution is 4.88. The van der Waals surface area contributed by atoms with Gasteiger partial charge < -0.3 is 10.6 Å². The van der Waals surface area contributed by atoms with Gasteiger partial charge in [-0.1, -0.05) is 0 Å². The Morgan fingerprint density at radius 1 is 1.33 bits per heavy atom. The average Bonchev–Trinajstić information content (AvgIpc) is 1.72. The van der Waals surface area contributed by atoms with E-state index in [0.29, 0.717) is 0 Å². The highest BCUT2D eigenvalue weighted by Crippen LogP contribution is 1.73. The third-order valence-electron chi connectivity index (χ3n) is 0.635.